The molecule has 0 unspecified atom stereocenters. The van der Waals surface area contributed by atoms with Crippen molar-refractivity contribution < 1.29 is 18.3 Å². The number of benzene rings is 1. The lowest BCUT2D eigenvalue weighted by Gasteiger charge is -2.27. The van der Waals surface area contributed by atoms with E-state index in [-0.39, 0.29) is 13.1 Å². The van der Waals surface area contributed by atoms with Crippen molar-refractivity contribution in [1.82, 2.24) is 9.21 Å². The summed E-state index contributed by atoms with van der Waals surface area (Å²) in [5, 5.41) is 21.9. The molecule has 1 saturated heterocycles. The van der Waals surface area contributed by atoms with E-state index in [0.717, 1.165) is 31.3 Å². The van der Waals surface area contributed by atoms with Crippen molar-refractivity contribution in [2.75, 3.05) is 33.2 Å². The van der Waals surface area contributed by atoms with Gasteiger partial charge in [-0.15, -0.1) is 0 Å². The summed E-state index contributed by atoms with van der Waals surface area (Å²) in [6.45, 7) is 2.01. The SMILES string of the molecule is CN1CCCN(S(=O)(=O)c2cc([N+](=O)[O-])cc([N+](=O)[O-])c2)CCC1. The van der Waals surface area contributed by atoms with E-state index in [2.05, 4.69) is 4.90 Å². The van der Waals surface area contributed by atoms with Crippen molar-refractivity contribution in [1.29, 1.82) is 0 Å². The molecule has 1 aromatic rings. The fraction of sp³-hybridized carbons (Fsp3) is 0.538. The Balaban J connectivity index is 2.40. The molecule has 0 saturated carbocycles. The minimum absolute atomic E-state index is 0.267. The summed E-state index contributed by atoms with van der Waals surface area (Å²) in [4.78, 5) is 21.9. The van der Waals surface area contributed by atoms with Gasteiger partial charge < -0.3 is 4.90 Å². The Kier molecular flexibility index (Phi) is 5.47. The molecule has 1 aromatic carbocycles. The van der Waals surface area contributed by atoms with Crippen LogP contribution in [0.5, 0.6) is 0 Å². The number of rotatable bonds is 4. The zero-order chi connectivity index (χ0) is 17.9. The molecule has 1 fully saturated rings. The van der Waals surface area contributed by atoms with Crippen LogP contribution >= 0.6 is 0 Å². The average molecular weight is 358 g/mol. The van der Waals surface area contributed by atoms with E-state index in [1.165, 1.54) is 4.31 Å². The van der Waals surface area contributed by atoms with E-state index >= 15 is 0 Å². The first-order valence-corrected chi connectivity index (χ1v) is 8.78. The highest BCUT2D eigenvalue weighted by Crippen LogP contribution is 2.28. The second kappa shape index (κ2) is 7.20. The zero-order valence-corrected chi connectivity index (χ0v) is 13.9. The van der Waals surface area contributed by atoms with Gasteiger partial charge in [0.1, 0.15) is 0 Å². The molecule has 0 spiro atoms. The summed E-state index contributed by atoms with van der Waals surface area (Å²) in [5.74, 6) is 0. The first-order chi connectivity index (χ1) is 11.2. The second-order valence-corrected chi connectivity index (χ2v) is 7.55. The van der Waals surface area contributed by atoms with Gasteiger partial charge in [0.25, 0.3) is 11.4 Å². The molecule has 10 nitrogen and oxygen atoms in total. The molecular weight excluding hydrogens is 340 g/mol. The molecule has 1 aliphatic heterocycles. The quantitative estimate of drug-likeness (QED) is 0.585. The highest BCUT2D eigenvalue weighted by Gasteiger charge is 2.29. The van der Waals surface area contributed by atoms with E-state index in [0.29, 0.717) is 12.8 Å². The number of hydrogen-bond donors (Lipinski definition) is 0. The number of sulfonamides is 1. The first kappa shape index (κ1) is 18.2. The first-order valence-electron chi connectivity index (χ1n) is 7.34. The predicted octanol–water partition coefficient (Wildman–Crippen LogP) is 1.22. The van der Waals surface area contributed by atoms with E-state index < -0.39 is 36.1 Å². The highest BCUT2D eigenvalue weighted by molar-refractivity contribution is 7.89. The standard InChI is InChI=1S/C13H18N4O6S/c1-14-4-2-6-15(7-3-5-14)24(22,23)13-9-11(16(18)19)8-12(10-13)17(20)21/h8-10H,2-7H2,1H3. The van der Waals surface area contributed by atoms with Gasteiger partial charge in [0.05, 0.1) is 20.8 Å². The molecule has 24 heavy (non-hydrogen) atoms. The summed E-state index contributed by atoms with van der Waals surface area (Å²) in [6, 6.07) is 2.49. The van der Waals surface area contributed by atoms with Gasteiger partial charge in [-0.2, -0.15) is 4.31 Å². The summed E-state index contributed by atoms with van der Waals surface area (Å²) in [6.07, 6.45) is 1.24. The monoisotopic (exact) mass is 358 g/mol. The minimum Gasteiger partial charge on any atom is -0.306 e. The molecule has 0 radical (unpaired) electrons. The normalized spacial score (nSPS) is 17.9. The molecule has 0 amide bonds. The van der Waals surface area contributed by atoms with Crippen molar-refractivity contribution in [3.8, 4) is 0 Å². The molecule has 0 aromatic heterocycles. The molecule has 2 rings (SSSR count). The van der Waals surface area contributed by atoms with Gasteiger partial charge in [-0.25, -0.2) is 8.42 Å². The van der Waals surface area contributed by atoms with Crippen LogP contribution in [0, 0.1) is 20.2 Å². The van der Waals surface area contributed by atoms with E-state index in [1.54, 1.807) is 0 Å². The van der Waals surface area contributed by atoms with Crippen molar-refractivity contribution in [2.45, 2.75) is 17.7 Å². The van der Waals surface area contributed by atoms with Crippen LogP contribution in [0.15, 0.2) is 23.1 Å². The van der Waals surface area contributed by atoms with Crippen molar-refractivity contribution in [3.63, 3.8) is 0 Å². The van der Waals surface area contributed by atoms with Crippen LogP contribution in [0.2, 0.25) is 0 Å². The molecule has 0 atom stereocenters. The number of nitro groups is 2. The third kappa shape index (κ3) is 4.04. The molecular formula is C13H18N4O6S. The summed E-state index contributed by atoms with van der Waals surface area (Å²) >= 11 is 0. The van der Waals surface area contributed by atoms with Crippen LogP contribution in [-0.4, -0.2) is 60.7 Å². The van der Waals surface area contributed by atoms with Crippen LogP contribution in [0.25, 0.3) is 0 Å². The summed E-state index contributed by atoms with van der Waals surface area (Å²) in [5.41, 5.74) is -1.23. The Labute approximate surface area is 139 Å². The lowest BCUT2D eigenvalue weighted by molar-refractivity contribution is -0.394. The fourth-order valence-electron chi connectivity index (χ4n) is 2.57. The van der Waals surface area contributed by atoms with Crippen molar-refractivity contribution in [2.24, 2.45) is 0 Å². The number of nitrogens with zero attached hydrogens (tertiary/aromatic N) is 4. The summed E-state index contributed by atoms with van der Waals surface area (Å²) in [7, 11) is -2.07. The van der Waals surface area contributed by atoms with Gasteiger partial charge in [-0.1, -0.05) is 0 Å². The van der Waals surface area contributed by atoms with E-state index in [9.17, 15) is 28.6 Å². The van der Waals surface area contributed by atoms with Crippen molar-refractivity contribution in [3.05, 3.63) is 38.4 Å². The van der Waals surface area contributed by atoms with Gasteiger partial charge in [0.15, 0.2) is 0 Å². The topological polar surface area (TPSA) is 127 Å². The average Bonchev–Trinajstić information content (AvgIpc) is 2.49. The van der Waals surface area contributed by atoms with Gasteiger partial charge in [0.2, 0.25) is 10.0 Å². The maximum atomic E-state index is 12.8. The minimum atomic E-state index is -4.03. The predicted molar refractivity (Wildman–Crippen MR) is 85.2 cm³/mol. The Hall–Kier alpha value is -2.11. The molecule has 132 valence electrons. The molecule has 11 heteroatoms. The van der Waals surface area contributed by atoms with Crippen molar-refractivity contribution >= 4 is 21.4 Å². The van der Waals surface area contributed by atoms with Gasteiger partial charge in [-0.05, 0) is 33.0 Å². The highest BCUT2D eigenvalue weighted by atomic mass is 32.2. The summed E-state index contributed by atoms with van der Waals surface area (Å²) < 4.78 is 26.7. The van der Waals surface area contributed by atoms with Crippen LogP contribution < -0.4 is 0 Å². The maximum Gasteiger partial charge on any atom is 0.277 e. The zero-order valence-electron chi connectivity index (χ0n) is 13.1. The lowest BCUT2D eigenvalue weighted by atomic mass is 10.3. The van der Waals surface area contributed by atoms with Gasteiger partial charge in [0, 0.05) is 25.2 Å². The van der Waals surface area contributed by atoms with Gasteiger partial charge in [-0.3, -0.25) is 20.2 Å². The number of non-ortho nitro benzene ring substituents is 2. The Bertz CT molecular complexity index is 709. The lowest BCUT2D eigenvalue weighted by Crippen LogP contribution is -2.38. The third-order valence-corrected chi connectivity index (χ3v) is 5.71. The smallest absolute Gasteiger partial charge is 0.277 e. The molecule has 0 aliphatic carbocycles. The fourth-order valence-corrected chi connectivity index (χ4v) is 4.15. The largest absolute Gasteiger partial charge is 0.306 e. The van der Waals surface area contributed by atoms with Crippen LogP contribution in [0.4, 0.5) is 11.4 Å². The Morgan fingerprint density at radius 1 is 0.917 bits per heavy atom. The molecule has 1 aliphatic rings. The number of nitro benzene ring substituents is 2. The van der Waals surface area contributed by atoms with E-state index in [4.69, 9.17) is 0 Å². The van der Waals surface area contributed by atoms with Crippen LogP contribution in [0.1, 0.15) is 12.8 Å². The third-order valence-electron chi connectivity index (χ3n) is 3.83. The maximum absolute atomic E-state index is 12.8. The Morgan fingerprint density at radius 2 is 1.38 bits per heavy atom. The van der Waals surface area contributed by atoms with Crippen LogP contribution in [-0.2, 0) is 10.0 Å². The van der Waals surface area contributed by atoms with E-state index in [1.807, 2.05) is 7.05 Å². The van der Waals surface area contributed by atoms with Crippen LogP contribution in [0.3, 0.4) is 0 Å². The molecule has 1 heterocycles. The Morgan fingerprint density at radius 3 is 1.79 bits per heavy atom. The second-order valence-electron chi connectivity index (χ2n) is 5.61. The van der Waals surface area contributed by atoms with Gasteiger partial charge >= 0.3 is 0 Å². The number of hydrogen-bond acceptors (Lipinski definition) is 7. The molecule has 0 N–H and O–H groups in total. The molecule has 0 bridgehead atoms.